The summed E-state index contributed by atoms with van der Waals surface area (Å²) in [5.74, 6) is 0.00695. The third kappa shape index (κ3) is 3.60. The van der Waals surface area contributed by atoms with E-state index in [1.54, 1.807) is 0 Å². The Morgan fingerprint density at radius 1 is 1.17 bits per heavy atom. The molecule has 0 aliphatic rings. The van der Waals surface area contributed by atoms with E-state index in [0.717, 1.165) is 22.1 Å². The topological polar surface area (TPSA) is 34.0 Å². The minimum absolute atomic E-state index is 0.00695. The van der Waals surface area contributed by atoms with E-state index >= 15 is 0 Å². The average molecular weight is 354 g/mol. The predicted octanol–water partition coefficient (Wildman–Crippen LogP) is 2.91. The Labute approximate surface area is 120 Å². The molecule has 94 valence electrons. The Morgan fingerprint density at radius 3 is 2.61 bits per heavy atom. The molecule has 1 heterocycles. The summed E-state index contributed by atoms with van der Waals surface area (Å²) in [5.41, 5.74) is 0.749. The number of hydrogen-bond acceptors (Lipinski definition) is 1. The molecular formula is C14H15IN2O. The largest absolute Gasteiger partial charge is 0.354 e. The fraction of sp³-hybridized carbons (Fsp3) is 0.214. The molecule has 0 saturated carbocycles. The molecule has 0 bridgehead atoms. The molecule has 0 aliphatic carbocycles. The maximum absolute atomic E-state index is 11.9. The van der Waals surface area contributed by atoms with E-state index in [4.69, 9.17) is 0 Å². The molecule has 3 nitrogen and oxygen atoms in total. The summed E-state index contributed by atoms with van der Waals surface area (Å²) in [7, 11) is 0. The summed E-state index contributed by atoms with van der Waals surface area (Å²) in [6, 6.07) is 11.6. The highest BCUT2D eigenvalue weighted by Gasteiger charge is 2.07. The first-order valence-electron chi connectivity index (χ1n) is 5.91. The van der Waals surface area contributed by atoms with Gasteiger partial charge in [-0.3, -0.25) is 4.79 Å². The second kappa shape index (κ2) is 6.58. The number of halogens is 1. The number of nitrogens with one attached hydrogen (secondary N) is 1. The molecule has 1 amide bonds. The highest BCUT2D eigenvalue weighted by atomic mass is 127. The molecule has 1 aromatic carbocycles. The zero-order valence-corrected chi connectivity index (χ0v) is 12.1. The summed E-state index contributed by atoms with van der Waals surface area (Å²) in [4.78, 5) is 11.9. The molecule has 2 rings (SSSR count). The van der Waals surface area contributed by atoms with Crippen molar-refractivity contribution in [3.63, 3.8) is 0 Å². The van der Waals surface area contributed by atoms with Gasteiger partial charge in [-0.2, -0.15) is 0 Å². The van der Waals surface area contributed by atoms with Gasteiger partial charge in [0.25, 0.3) is 5.91 Å². The van der Waals surface area contributed by atoms with Crippen molar-refractivity contribution >= 4 is 28.5 Å². The predicted molar refractivity (Wildman–Crippen MR) is 80.5 cm³/mol. The van der Waals surface area contributed by atoms with E-state index in [2.05, 4.69) is 32.5 Å². The van der Waals surface area contributed by atoms with Crippen LogP contribution in [-0.2, 0) is 6.54 Å². The number of amides is 1. The van der Waals surface area contributed by atoms with Crippen molar-refractivity contribution in [2.75, 3.05) is 6.54 Å². The molecule has 0 unspecified atom stereocenters. The van der Waals surface area contributed by atoms with Gasteiger partial charge in [-0.25, -0.2) is 0 Å². The van der Waals surface area contributed by atoms with Crippen LogP contribution in [0.1, 0.15) is 16.8 Å². The van der Waals surface area contributed by atoms with Gasteiger partial charge in [0.1, 0.15) is 0 Å². The summed E-state index contributed by atoms with van der Waals surface area (Å²) >= 11 is 2.18. The van der Waals surface area contributed by atoms with Gasteiger partial charge in [-0.1, -0.05) is 12.1 Å². The number of benzene rings is 1. The van der Waals surface area contributed by atoms with Gasteiger partial charge in [-0.15, -0.1) is 0 Å². The van der Waals surface area contributed by atoms with Crippen LogP contribution in [0.3, 0.4) is 0 Å². The van der Waals surface area contributed by atoms with Crippen LogP contribution in [0.4, 0.5) is 0 Å². The maximum Gasteiger partial charge on any atom is 0.252 e. The zero-order chi connectivity index (χ0) is 12.8. The van der Waals surface area contributed by atoms with Gasteiger partial charge in [0.15, 0.2) is 0 Å². The number of aryl methyl sites for hydroxylation is 1. The van der Waals surface area contributed by atoms with Gasteiger partial charge >= 0.3 is 0 Å². The fourth-order valence-corrected chi connectivity index (χ4v) is 2.36. The van der Waals surface area contributed by atoms with Crippen LogP contribution in [0.2, 0.25) is 0 Å². The minimum Gasteiger partial charge on any atom is -0.354 e. The van der Waals surface area contributed by atoms with Crippen LogP contribution in [0.15, 0.2) is 48.8 Å². The average Bonchev–Trinajstić information content (AvgIpc) is 2.88. The van der Waals surface area contributed by atoms with Crippen molar-refractivity contribution in [1.29, 1.82) is 0 Å². The quantitative estimate of drug-likeness (QED) is 0.650. The first-order chi connectivity index (χ1) is 8.77. The van der Waals surface area contributed by atoms with Gasteiger partial charge in [0.05, 0.1) is 5.56 Å². The van der Waals surface area contributed by atoms with E-state index in [1.807, 2.05) is 48.8 Å². The van der Waals surface area contributed by atoms with Gasteiger partial charge in [-0.05, 0) is 53.3 Å². The van der Waals surface area contributed by atoms with Gasteiger partial charge in [0.2, 0.25) is 0 Å². The number of carbonyl (C=O) groups excluding carboxylic acids is 1. The Balaban J connectivity index is 1.77. The Kier molecular flexibility index (Phi) is 4.81. The summed E-state index contributed by atoms with van der Waals surface area (Å²) in [5, 5.41) is 2.95. The van der Waals surface area contributed by atoms with Crippen molar-refractivity contribution in [3.05, 3.63) is 57.9 Å². The summed E-state index contributed by atoms with van der Waals surface area (Å²) in [6.45, 7) is 1.63. The van der Waals surface area contributed by atoms with Crippen molar-refractivity contribution in [1.82, 2.24) is 9.88 Å². The van der Waals surface area contributed by atoms with Crippen molar-refractivity contribution < 1.29 is 4.79 Å². The normalized spacial score (nSPS) is 10.3. The lowest BCUT2D eigenvalue weighted by Crippen LogP contribution is -2.25. The lowest BCUT2D eigenvalue weighted by molar-refractivity contribution is 0.0952. The van der Waals surface area contributed by atoms with Crippen LogP contribution in [-0.4, -0.2) is 17.0 Å². The second-order valence-electron chi connectivity index (χ2n) is 4.01. The van der Waals surface area contributed by atoms with Crippen molar-refractivity contribution in [2.24, 2.45) is 0 Å². The molecule has 0 aliphatic heterocycles. The highest BCUT2D eigenvalue weighted by Crippen LogP contribution is 2.10. The summed E-state index contributed by atoms with van der Waals surface area (Å²) < 4.78 is 3.09. The molecule has 4 heteroatoms. The maximum atomic E-state index is 11.9. The lowest BCUT2D eigenvalue weighted by Gasteiger charge is -2.07. The molecule has 1 N–H and O–H groups in total. The standard InChI is InChI=1S/C14H15IN2O/c15-13-7-2-1-6-12(13)14(18)16-8-5-11-17-9-3-4-10-17/h1-4,6-7,9-10H,5,8,11H2,(H,16,18). The number of nitrogens with zero attached hydrogens (tertiary/aromatic N) is 1. The van der Waals surface area contributed by atoms with E-state index in [1.165, 1.54) is 0 Å². The lowest BCUT2D eigenvalue weighted by atomic mass is 10.2. The van der Waals surface area contributed by atoms with Crippen molar-refractivity contribution in [3.8, 4) is 0 Å². The van der Waals surface area contributed by atoms with Crippen molar-refractivity contribution in [2.45, 2.75) is 13.0 Å². The Bertz CT molecular complexity index is 508. The Hall–Kier alpha value is -1.30. The van der Waals surface area contributed by atoms with Gasteiger partial charge in [0, 0.05) is 29.1 Å². The molecule has 0 atom stereocenters. The first-order valence-corrected chi connectivity index (χ1v) is 6.99. The molecule has 2 aromatic rings. The fourth-order valence-electron chi connectivity index (χ4n) is 1.72. The molecule has 0 saturated heterocycles. The van der Waals surface area contributed by atoms with Crippen LogP contribution in [0.25, 0.3) is 0 Å². The van der Waals surface area contributed by atoms with Crippen LogP contribution >= 0.6 is 22.6 Å². The second-order valence-corrected chi connectivity index (χ2v) is 5.17. The molecular weight excluding hydrogens is 339 g/mol. The molecule has 18 heavy (non-hydrogen) atoms. The van der Waals surface area contributed by atoms with Gasteiger partial charge < -0.3 is 9.88 Å². The van der Waals surface area contributed by atoms with Crippen LogP contribution in [0.5, 0.6) is 0 Å². The minimum atomic E-state index is 0.00695. The smallest absolute Gasteiger partial charge is 0.252 e. The van der Waals surface area contributed by atoms with E-state index in [-0.39, 0.29) is 5.91 Å². The molecule has 1 aromatic heterocycles. The van der Waals surface area contributed by atoms with E-state index < -0.39 is 0 Å². The molecule has 0 radical (unpaired) electrons. The van der Waals surface area contributed by atoms with E-state index in [0.29, 0.717) is 6.54 Å². The number of rotatable bonds is 5. The number of hydrogen-bond donors (Lipinski definition) is 1. The third-order valence-electron chi connectivity index (χ3n) is 2.66. The highest BCUT2D eigenvalue weighted by molar-refractivity contribution is 14.1. The Morgan fingerprint density at radius 2 is 1.89 bits per heavy atom. The van der Waals surface area contributed by atoms with Crippen LogP contribution in [0, 0.1) is 3.57 Å². The number of carbonyl (C=O) groups is 1. The van der Waals surface area contributed by atoms with Crippen LogP contribution < -0.4 is 5.32 Å². The molecule has 0 spiro atoms. The monoisotopic (exact) mass is 354 g/mol. The summed E-state index contributed by atoms with van der Waals surface area (Å²) in [6.07, 6.45) is 4.99. The third-order valence-corrected chi connectivity index (χ3v) is 3.60. The number of aromatic nitrogens is 1. The van der Waals surface area contributed by atoms with E-state index in [9.17, 15) is 4.79 Å². The zero-order valence-electron chi connectivity index (χ0n) is 9.97. The molecule has 0 fully saturated rings. The SMILES string of the molecule is O=C(NCCCn1cccc1)c1ccccc1I. The first kappa shape index (κ1) is 13.1.